The van der Waals surface area contributed by atoms with Gasteiger partial charge in [0.25, 0.3) is 0 Å². The minimum atomic E-state index is -1.73. The summed E-state index contributed by atoms with van der Waals surface area (Å²) in [5.41, 5.74) is 0. The third-order valence-corrected chi connectivity index (χ3v) is 10.6. The second-order valence-corrected chi connectivity index (χ2v) is 13.6. The lowest BCUT2D eigenvalue weighted by atomic mass is 10.1. The Morgan fingerprint density at radius 3 is 1.45 bits per heavy atom. The summed E-state index contributed by atoms with van der Waals surface area (Å²) in [6, 6.07) is 4.11. The second-order valence-electron chi connectivity index (χ2n) is 9.53. The van der Waals surface area contributed by atoms with Gasteiger partial charge < -0.3 is 4.43 Å². The molecule has 0 aliphatic heterocycles. The normalized spacial score (nSPS) is 12.8. The number of hydrogen-bond donors (Lipinski definition) is 0. The van der Waals surface area contributed by atoms with E-state index in [0.717, 1.165) is 12.8 Å². The maximum Gasteiger partial charge on any atom is 0.194 e. The maximum atomic E-state index is 7.16. The third-order valence-electron chi connectivity index (χ3n) is 5.98. The second kappa shape index (κ2) is 19.7. The summed E-state index contributed by atoms with van der Waals surface area (Å²) in [6.45, 7) is 13.7. The molecule has 172 valence electrons. The van der Waals surface area contributed by atoms with Crippen molar-refractivity contribution in [3.8, 4) is 11.8 Å². The van der Waals surface area contributed by atoms with E-state index in [1.807, 2.05) is 0 Å². The monoisotopic (exact) mass is 422 g/mol. The first-order valence-electron chi connectivity index (χ1n) is 13.2. The van der Waals surface area contributed by atoms with Gasteiger partial charge in [-0.2, -0.15) is 0 Å². The van der Waals surface area contributed by atoms with Crippen LogP contribution in [0.1, 0.15) is 131 Å². The highest BCUT2D eigenvalue weighted by Gasteiger charge is 2.35. The van der Waals surface area contributed by atoms with Gasteiger partial charge >= 0.3 is 0 Å². The van der Waals surface area contributed by atoms with Gasteiger partial charge in [0.1, 0.15) is 6.10 Å². The first-order valence-corrected chi connectivity index (χ1v) is 15.7. The van der Waals surface area contributed by atoms with E-state index in [0.29, 0.717) is 5.92 Å². The van der Waals surface area contributed by atoms with E-state index in [2.05, 4.69) is 53.4 Å². The molecule has 0 saturated heterocycles. The summed E-state index contributed by atoms with van der Waals surface area (Å²) >= 11 is 0. The lowest BCUT2D eigenvalue weighted by Crippen LogP contribution is -2.42. The lowest BCUT2D eigenvalue weighted by Gasteiger charge is -2.35. The van der Waals surface area contributed by atoms with Crippen molar-refractivity contribution in [2.24, 2.45) is 5.92 Å². The van der Waals surface area contributed by atoms with Crippen LogP contribution >= 0.6 is 0 Å². The van der Waals surface area contributed by atoms with E-state index in [9.17, 15) is 0 Å². The molecule has 0 aromatic rings. The molecule has 0 heterocycles. The van der Waals surface area contributed by atoms with Crippen LogP contribution in [0.3, 0.4) is 0 Å². The summed E-state index contributed by atoms with van der Waals surface area (Å²) < 4.78 is 7.16. The van der Waals surface area contributed by atoms with E-state index >= 15 is 0 Å². The molecule has 0 fully saturated rings. The van der Waals surface area contributed by atoms with Crippen LogP contribution in [0, 0.1) is 17.8 Å². The average Bonchev–Trinajstić information content (AvgIpc) is 2.69. The number of rotatable bonds is 19. The zero-order chi connectivity index (χ0) is 21.8. The Balaban J connectivity index is 5.34. The topological polar surface area (TPSA) is 9.23 Å². The van der Waals surface area contributed by atoms with Gasteiger partial charge in [0.2, 0.25) is 0 Å². The molecule has 0 spiro atoms. The van der Waals surface area contributed by atoms with Crippen LogP contribution in [0.2, 0.25) is 18.1 Å². The molecule has 0 N–H and O–H groups in total. The lowest BCUT2D eigenvalue weighted by molar-refractivity contribution is 0.209. The highest BCUT2D eigenvalue weighted by molar-refractivity contribution is 6.73. The number of hydrogen-bond acceptors (Lipinski definition) is 1. The van der Waals surface area contributed by atoms with Crippen molar-refractivity contribution < 1.29 is 4.43 Å². The van der Waals surface area contributed by atoms with Crippen molar-refractivity contribution in [2.75, 3.05) is 0 Å². The van der Waals surface area contributed by atoms with Crippen molar-refractivity contribution in [3.63, 3.8) is 0 Å². The fourth-order valence-corrected chi connectivity index (χ4v) is 8.80. The Morgan fingerprint density at radius 1 is 0.655 bits per heavy atom. The van der Waals surface area contributed by atoms with Crippen LogP contribution in [-0.2, 0) is 4.43 Å². The van der Waals surface area contributed by atoms with Gasteiger partial charge in [0.05, 0.1) is 0 Å². The van der Waals surface area contributed by atoms with Gasteiger partial charge in [-0.25, -0.2) is 0 Å². The first kappa shape index (κ1) is 28.7. The molecule has 0 rings (SSSR count). The molecule has 0 aromatic heterocycles. The summed E-state index contributed by atoms with van der Waals surface area (Å²) in [4.78, 5) is 0. The zero-order valence-electron chi connectivity index (χ0n) is 21.1. The van der Waals surface area contributed by atoms with Gasteiger partial charge in [-0.15, -0.1) is 5.92 Å². The van der Waals surface area contributed by atoms with Crippen LogP contribution in [0.15, 0.2) is 0 Å². The summed E-state index contributed by atoms with van der Waals surface area (Å²) in [7, 11) is -1.73. The molecule has 0 aromatic carbocycles. The number of unbranched alkanes of at least 4 members (excludes halogenated alkanes) is 9. The quantitative estimate of drug-likeness (QED) is 0.114. The van der Waals surface area contributed by atoms with Gasteiger partial charge in [0, 0.05) is 6.42 Å². The van der Waals surface area contributed by atoms with E-state index in [1.165, 1.54) is 95.2 Å². The minimum Gasteiger partial charge on any atom is -0.403 e. The van der Waals surface area contributed by atoms with Crippen LogP contribution in [-0.4, -0.2) is 14.4 Å². The summed E-state index contributed by atoms with van der Waals surface area (Å²) in [6.07, 6.45) is 18.6. The van der Waals surface area contributed by atoms with E-state index in [4.69, 9.17) is 4.43 Å². The molecule has 0 aliphatic rings. The Morgan fingerprint density at radius 2 is 1.10 bits per heavy atom. The molecule has 0 radical (unpaired) electrons. The van der Waals surface area contributed by atoms with E-state index in [-0.39, 0.29) is 6.10 Å². The van der Waals surface area contributed by atoms with Crippen LogP contribution in [0.25, 0.3) is 0 Å². The first-order chi connectivity index (χ1) is 14.0. The van der Waals surface area contributed by atoms with Gasteiger partial charge in [-0.05, 0) is 30.5 Å². The molecule has 1 atom stereocenters. The Labute approximate surface area is 186 Å². The zero-order valence-corrected chi connectivity index (χ0v) is 22.1. The van der Waals surface area contributed by atoms with Crippen molar-refractivity contribution in [1.82, 2.24) is 0 Å². The van der Waals surface area contributed by atoms with Crippen molar-refractivity contribution in [3.05, 3.63) is 0 Å². The average molecular weight is 423 g/mol. The predicted octanol–water partition coefficient (Wildman–Crippen LogP) is 9.52. The predicted molar refractivity (Wildman–Crippen MR) is 135 cm³/mol. The molecule has 0 saturated carbocycles. The summed E-state index contributed by atoms with van der Waals surface area (Å²) in [5, 5.41) is 0. The van der Waals surface area contributed by atoms with Crippen LogP contribution in [0.4, 0.5) is 0 Å². The fraction of sp³-hybridized carbons (Fsp3) is 0.926. The van der Waals surface area contributed by atoms with Gasteiger partial charge in [0.15, 0.2) is 8.32 Å². The smallest absolute Gasteiger partial charge is 0.194 e. The summed E-state index contributed by atoms with van der Waals surface area (Å²) in [5.74, 6) is 7.53. The van der Waals surface area contributed by atoms with Crippen molar-refractivity contribution >= 4 is 8.32 Å². The van der Waals surface area contributed by atoms with Gasteiger partial charge in [-0.1, -0.05) is 125 Å². The molecule has 1 unspecified atom stereocenters. The van der Waals surface area contributed by atoms with Crippen molar-refractivity contribution in [1.29, 1.82) is 0 Å². The Bertz CT molecular complexity index is 375. The molecule has 1 nitrogen and oxygen atoms in total. The maximum absolute atomic E-state index is 7.16. The highest BCUT2D eigenvalue weighted by Crippen LogP contribution is 2.33. The molecule has 29 heavy (non-hydrogen) atoms. The fourth-order valence-electron chi connectivity index (χ4n) is 4.26. The highest BCUT2D eigenvalue weighted by atomic mass is 28.4. The largest absolute Gasteiger partial charge is 0.403 e. The Hall–Kier alpha value is -0.263. The van der Waals surface area contributed by atoms with Gasteiger partial charge in [-0.3, -0.25) is 0 Å². The molecular weight excluding hydrogens is 368 g/mol. The minimum absolute atomic E-state index is 0.171. The Kier molecular flexibility index (Phi) is 19.5. The van der Waals surface area contributed by atoms with E-state index < -0.39 is 8.32 Å². The molecule has 0 bridgehead atoms. The molecule has 0 aliphatic carbocycles. The SMILES string of the molecule is CCC#CC(CC(C)C)O[Si](CCCCCC)(CCCCCC)CCCCCC. The molecule has 2 heteroatoms. The molecular formula is C27H54OSi. The van der Waals surface area contributed by atoms with Crippen molar-refractivity contribution in [2.45, 2.75) is 156 Å². The van der Waals surface area contributed by atoms with Crippen LogP contribution < -0.4 is 0 Å². The van der Waals surface area contributed by atoms with Crippen LogP contribution in [0.5, 0.6) is 0 Å². The van der Waals surface area contributed by atoms with E-state index in [1.54, 1.807) is 0 Å². The third kappa shape index (κ3) is 16.1. The standard InChI is InChI=1S/C27H54OSi/c1-7-11-15-18-22-29(23-19-16-12-8-2,24-20-17-13-9-3)28-27(21-14-10-4)25-26(5)6/h26-27H,7-13,15-20,22-25H2,1-6H3. The molecule has 0 amide bonds.